The first-order valence-electron chi connectivity index (χ1n) is 7.46. The Kier molecular flexibility index (Phi) is 4.01. The Morgan fingerprint density at radius 2 is 2.08 bits per heavy atom. The van der Waals surface area contributed by atoms with Crippen LogP contribution < -0.4 is 10.3 Å². The minimum atomic E-state index is -0.288. The van der Waals surface area contributed by atoms with Crippen LogP contribution in [-0.2, 0) is 0 Å². The zero-order valence-corrected chi connectivity index (χ0v) is 15.8. The minimum absolute atomic E-state index is 0.288. The van der Waals surface area contributed by atoms with Gasteiger partial charge in [-0.15, -0.1) is 5.10 Å². The van der Waals surface area contributed by atoms with E-state index < -0.39 is 0 Å². The van der Waals surface area contributed by atoms with E-state index in [9.17, 15) is 4.79 Å². The molecule has 0 atom stereocenters. The number of benzene rings is 2. The van der Waals surface area contributed by atoms with Crippen LogP contribution in [0.4, 0.5) is 0 Å². The number of nitrogens with one attached hydrogen (secondary N) is 1. The lowest BCUT2D eigenvalue weighted by Gasteiger charge is -2.05. The molecule has 1 N–H and O–H groups in total. The summed E-state index contributed by atoms with van der Waals surface area (Å²) in [6.45, 7) is 2.03. The number of nitrogens with zero attached hydrogens (tertiary/aromatic N) is 3. The zero-order chi connectivity index (χ0) is 17.6. The van der Waals surface area contributed by atoms with Gasteiger partial charge in [0.2, 0.25) is 0 Å². The first-order chi connectivity index (χ1) is 12.1. The van der Waals surface area contributed by atoms with E-state index in [1.165, 1.54) is 11.8 Å². The Labute approximate surface area is 155 Å². The molecule has 0 saturated heterocycles. The van der Waals surface area contributed by atoms with E-state index in [4.69, 9.17) is 4.74 Å². The van der Waals surface area contributed by atoms with E-state index in [0.29, 0.717) is 27.3 Å². The molecule has 0 aliphatic rings. The van der Waals surface area contributed by atoms with Crippen molar-refractivity contribution in [2.75, 3.05) is 7.11 Å². The topological polar surface area (TPSA) is 72.3 Å². The molecule has 4 rings (SSSR count). The number of aryl methyl sites for hydroxylation is 1. The normalized spacial score (nSPS) is 11.3. The highest BCUT2D eigenvalue weighted by Crippen LogP contribution is 2.34. The molecule has 2 aromatic heterocycles. The second kappa shape index (κ2) is 6.20. The highest BCUT2D eigenvalue weighted by Gasteiger charge is 2.15. The average molecular weight is 417 g/mol. The number of fused-ring (bicyclic) bond motifs is 3. The summed E-state index contributed by atoms with van der Waals surface area (Å²) in [6, 6.07) is 11.3. The summed E-state index contributed by atoms with van der Waals surface area (Å²) in [6.07, 6.45) is 0. The lowest BCUT2D eigenvalue weighted by Crippen LogP contribution is -2.10. The first kappa shape index (κ1) is 16.2. The number of aromatic amines is 1. The highest BCUT2D eigenvalue weighted by atomic mass is 79.9. The van der Waals surface area contributed by atoms with Crippen LogP contribution in [0.15, 0.2) is 55.6 Å². The van der Waals surface area contributed by atoms with Crippen molar-refractivity contribution < 1.29 is 4.74 Å². The van der Waals surface area contributed by atoms with Gasteiger partial charge in [0, 0.05) is 15.4 Å². The molecule has 0 aliphatic heterocycles. The third-order valence-corrected chi connectivity index (χ3v) is 5.79. The maximum absolute atomic E-state index is 12.4. The van der Waals surface area contributed by atoms with Crippen LogP contribution >= 0.6 is 27.7 Å². The van der Waals surface area contributed by atoms with E-state index in [-0.39, 0.29) is 5.56 Å². The van der Waals surface area contributed by atoms with Crippen LogP contribution in [0.2, 0.25) is 0 Å². The van der Waals surface area contributed by atoms with Gasteiger partial charge in [-0.05, 0) is 52.7 Å². The minimum Gasteiger partial charge on any atom is -0.497 e. The number of H-pyrrole nitrogens is 1. The number of rotatable bonds is 3. The highest BCUT2D eigenvalue weighted by molar-refractivity contribution is 9.10. The standard InChI is InChI=1S/C17H13BrN4O2S/c1-9-3-6-14(12(18)7-9)25-17-15-19-16(23)11-5-4-10(24-2)8-13(11)22(15)21-20-17/h3-8,21H,1-2H3. The maximum Gasteiger partial charge on any atom is 0.281 e. The Morgan fingerprint density at radius 1 is 1.24 bits per heavy atom. The Bertz CT molecular complexity index is 1170. The third-order valence-electron chi connectivity index (χ3n) is 3.83. The van der Waals surface area contributed by atoms with Gasteiger partial charge in [-0.3, -0.25) is 4.79 Å². The summed E-state index contributed by atoms with van der Waals surface area (Å²) < 4.78 is 7.93. The van der Waals surface area contributed by atoms with E-state index in [0.717, 1.165) is 14.9 Å². The van der Waals surface area contributed by atoms with Crippen LogP contribution in [0.5, 0.6) is 5.75 Å². The average Bonchev–Trinajstić information content (AvgIpc) is 3.00. The second-order valence-electron chi connectivity index (χ2n) is 5.51. The van der Waals surface area contributed by atoms with Gasteiger partial charge in [-0.2, -0.15) is 4.98 Å². The van der Waals surface area contributed by atoms with Crippen molar-refractivity contribution in [1.29, 1.82) is 0 Å². The van der Waals surface area contributed by atoms with Crippen molar-refractivity contribution in [2.45, 2.75) is 16.8 Å². The lowest BCUT2D eigenvalue weighted by molar-refractivity contribution is 0.415. The van der Waals surface area contributed by atoms with Crippen molar-refractivity contribution in [2.24, 2.45) is 0 Å². The van der Waals surface area contributed by atoms with Crippen molar-refractivity contribution in [1.82, 2.24) is 19.8 Å². The zero-order valence-electron chi connectivity index (χ0n) is 13.4. The quantitative estimate of drug-likeness (QED) is 0.549. The maximum atomic E-state index is 12.4. The molecule has 0 aliphatic carbocycles. The van der Waals surface area contributed by atoms with Gasteiger partial charge in [-0.1, -0.05) is 17.8 Å². The molecule has 2 aromatic carbocycles. The van der Waals surface area contributed by atoms with Crippen molar-refractivity contribution in [3.63, 3.8) is 0 Å². The lowest BCUT2D eigenvalue weighted by atomic mass is 10.2. The number of halogens is 1. The molecule has 0 radical (unpaired) electrons. The van der Waals surface area contributed by atoms with Crippen LogP contribution in [0, 0.1) is 6.92 Å². The molecule has 126 valence electrons. The van der Waals surface area contributed by atoms with E-state index >= 15 is 0 Å². The van der Waals surface area contributed by atoms with E-state index in [1.54, 1.807) is 29.8 Å². The van der Waals surface area contributed by atoms with Gasteiger partial charge in [0.15, 0.2) is 10.7 Å². The van der Waals surface area contributed by atoms with Gasteiger partial charge in [0.1, 0.15) is 5.75 Å². The molecule has 0 unspecified atom stereocenters. The summed E-state index contributed by atoms with van der Waals surface area (Å²) in [4.78, 5) is 17.6. The molecule has 25 heavy (non-hydrogen) atoms. The van der Waals surface area contributed by atoms with Crippen molar-refractivity contribution in [3.05, 3.63) is 56.8 Å². The predicted molar refractivity (Wildman–Crippen MR) is 101 cm³/mol. The molecule has 0 fully saturated rings. The fourth-order valence-electron chi connectivity index (χ4n) is 2.58. The number of hydrogen-bond acceptors (Lipinski definition) is 5. The number of hydrogen-bond donors (Lipinski definition) is 1. The molecular weight excluding hydrogens is 404 g/mol. The number of methoxy groups -OCH3 is 1. The van der Waals surface area contributed by atoms with Gasteiger partial charge < -0.3 is 4.74 Å². The molecule has 0 saturated carbocycles. The van der Waals surface area contributed by atoms with Crippen molar-refractivity contribution in [3.8, 4) is 5.75 Å². The molecule has 2 heterocycles. The molecular formula is C17H13BrN4O2S. The van der Waals surface area contributed by atoms with E-state index in [1.807, 2.05) is 25.1 Å². The largest absolute Gasteiger partial charge is 0.497 e. The predicted octanol–water partition coefficient (Wildman–Crippen LogP) is 3.80. The summed E-state index contributed by atoms with van der Waals surface area (Å²) in [5, 5.41) is 8.41. The van der Waals surface area contributed by atoms with Crippen LogP contribution in [0.3, 0.4) is 0 Å². The van der Waals surface area contributed by atoms with Gasteiger partial charge >= 0.3 is 0 Å². The molecule has 0 spiro atoms. The summed E-state index contributed by atoms with van der Waals surface area (Å²) >= 11 is 5.01. The van der Waals surface area contributed by atoms with Crippen molar-refractivity contribution >= 4 is 44.2 Å². The Morgan fingerprint density at radius 3 is 2.84 bits per heavy atom. The smallest absolute Gasteiger partial charge is 0.281 e. The SMILES string of the molecule is COc1ccc2c(=O)nc3c(Sc4ccc(C)cc4Br)n[nH]n3c2c1. The second-order valence-corrected chi connectivity index (χ2v) is 7.40. The summed E-state index contributed by atoms with van der Waals surface area (Å²) in [7, 11) is 1.59. The Hall–Kier alpha value is -2.32. The summed E-state index contributed by atoms with van der Waals surface area (Å²) in [5.74, 6) is 0.664. The third kappa shape index (κ3) is 2.81. The van der Waals surface area contributed by atoms with Crippen LogP contribution in [0.1, 0.15) is 5.56 Å². The van der Waals surface area contributed by atoms with Gasteiger partial charge in [0.05, 0.1) is 18.0 Å². The van der Waals surface area contributed by atoms with E-state index in [2.05, 4.69) is 31.2 Å². The monoisotopic (exact) mass is 416 g/mol. The molecule has 0 amide bonds. The van der Waals surface area contributed by atoms with Gasteiger partial charge in [-0.25, -0.2) is 9.73 Å². The molecule has 6 nitrogen and oxygen atoms in total. The summed E-state index contributed by atoms with van der Waals surface area (Å²) in [5.41, 5.74) is 2.04. The fourth-order valence-corrected chi connectivity index (χ4v) is 4.13. The number of ether oxygens (including phenoxy) is 1. The van der Waals surface area contributed by atoms with Gasteiger partial charge in [0.25, 0.3) is 5.56 Å². The fraction of sp³-hybridized carbons (Fsp3) is 0.118. The molecule has 4 aromatic rings. The van der Waals surface area contributed by atoms with Crippen LogP contribution in [0.25, 0.3) is 16.6 Å². The molecule has 8 heteroatoms. The first-order valence-corrected chi connectivity index (χ1v) is 9.06. The molecule has 0 bridgehead atoms. The Balaban J connectivity index is 1.90. The number of aromatic nitrogens is 4. The van der Waals surface area contributed by atoms with Crippen LogP contribution in [-0.4, -0.2) is 26.9 Å².